The quantitative estimate of drug-likeness (QED) is 0.0695. The summed E-state index contributed by atoms with van der Waals surface area (Å²) in [6, 6.07) is 29.3. The van der Waals surface area contributed by atoms with Gasteiger partial charge < -0.3 is 40.9 Å². The molecule has 14 heteroatoms. The van der Waals surface area contributed by atoms with Crippen molar-refractivity contribution >= 4 is 36.3 Å². The molecule has 1 aliphatic heterocycles. The Kier molecular flexibility index (Phi) is 11.4. The SMILES string of the molecule is Nc1n[nH]c2ccc(CN3C(=O)N(Cc4cccc(C(=O)NCCCP(=O)(O)O)c4)[C@H](Cc4ccccc4)[C@H](O)[C@@H](O)[C@H]3Cc3ccccc3)cc12. The number of amides is 3. The molecule has 0 saturated carbocycles. The first-order valence-corrected chi connectivity index (χ1v) is 18.9. The summed E-state index contributed by atoms with van der Waals surface area (Å²) in [7, 11) is -4.18. The molecule has 1 aliphatic rings. The smallest absolute Gasteiger partial charge is 0.325 e. The number of benzene rings is 4. The highest BCUT2D eigenvalue weighted by atomic mass is 31.2. The number of aromatic amines is 1. The number of anilines is 1. The van der Waals surface area contributed by atoms with Gasteiger partial charge >= 0.3 is 13.6 Å². The molecule has 0 aliphatic carbocycles. The van der Waals surface area contributed by atoms with Crippen LogP contribution in [0.1, 0.15) is 39.0 Å². The number of carbonyl (C=O) groups is 2. The van der Waals surface area contributed by atoms with Crippen LogP contribution in [0.5, 0.6) is 0 Å². The van der Waals surface area contributed by atoms with Crippen molar-refractivity contribution in [1.29, 1.82) is 0 Å². The molecule has 3 amide bonds. The van der Waals surface area contributed by atoms with Crippen LogP contribution < -0.4 is 11.1 Å². The molecule has 8 N–H and O–H groups in total. The number of urea groups is 1. The largest absolute Gasteiger partial charge is 0.388 e. The number of hydrogen-bond donors (Lipinski definition) is 7. The predicted octanol–water partition coefficient (Wildman–Crippen LogP) is 3.82. The van der Waals surface area contributed by atoms with E-state index in [2.05, 4.69) is 15.5 Å². The first-order valence-electron chi connectivity index (χ1n) is 17.1. The van der Waals surface area contributed by atoms with Crippen molar-refractivity contribution in [3.05, 3.63) is 131 Å². The second-order valence-electron chi connectivity index (χ2n) is 13.2. The number of nitrogens with one attached hydrogen (secondary N) is 2. The summed E-state index contributed by atoms with van der Waals surface area (Å²) in [5.41, 5.74) is 10.3. The monoisotopic (exact) mass is 726 g/mol. The lowest BCUT2D eigenvalue weighted by Gasteiger charge is -2.36. The Hall–Kier alpha value is -5.04. The van der Waals surface area contributed by atoms with Gasteiger partial charge in [0.15, 0.2) is 5.82 Å². The van der Waals surface area contributed by atoms with Crippen LogP contribution in [-0.2, 0) is 30.5 Å². The third-order valence-corrected chi connectivity index (χ3v) is 10.4. The molecule has 1 fully saturated rings. The highest BCUT2D eigenvalue weighted by Gasteiger charge is 2.46. The van der Waals surface area contributed by atoms with Crippen LogP contribution in [0.3, 0.4) is 0 Å². The molecular weight excluding hydrogens is 683 g/mol. The van der Waals surface area contributed by atoms with E-state index in [1.165, 1.54) is 0 Å². The van der Waals surface area contributed by atoms with Crippen LogP contribution in [0.2, 0.25) is 0 Å². The fraction of sp³-hybridized carbons (Fsp3) is 0.289. The summed E-state index contributed by atoms with van der Waals surface area (Å²) in [5, 5.41) is 34.4. The van der Waals surface area contributed by atoms with E-state index >= 15 is 4.79 Å². The van der Waals surface area contributed by atoms with E-state index < -0.39 is 43.8 Å². The average molecular weight is 727 g/mol. The van der Waals surface area contributed by atoms with Crippen LogP contribution in [0.15, 0.2) is 103 Å². The van der Waals surface area contributed by atoms with Gasteiger partial charge in [0.2, 0.25) is 0 Å². The minimum Gasteiger partial charge on any atom is -0.388 e. The minimum atomic E-state index is -4.18. The number of nitrogen functional groups attached to an aromatic ring is 1. The molecule has 1 saturated heterocycles. The van der Waals surface area contributed by atoms with Gasteiger partial charge in [-0.3, -0.25) is 14.5 Å². The number of nitrogens with zero attached hydrogens (tertiary/aromatic N) is 3. The van der Waals surface area contributed by atoms with E-state index in [4.69, 9.17) is 15.5 Å². The van der Waals surface area contributed by atoms with Crippen LogP contribution in [-0.4, -0.2) is 88.9 Å². The third-order valence-electron chi connectivity index (χ3n) is 9.47. The number of aliphatic hydroxyl groups is 2. The van der Waals surface area contributed by atoms with E-state index in [0.29, 0.717) is 22.3 Å². The molecule has 2 heterocycles. The van der Waals surface area contributed by atoms with Crippen molar-refractivity contribution in [1.82, 2.24) is 25.3 Å². The molecule has 4 atom stereocenters. The molecule has 0 spiro atoms. The normalized spacial score (nSPS) is 19.5. The number of rotatable bonds is 13. The maximum Gasteiger partial charge on any atom is 0.325 e. The lowest BCUT2D eigenvalue weighted by molar-refractivity contribution is -0.0408. The lowest BCUT2D eigenvalue weighted by atomic mass is 9.91. The maximum absolute atomic E-state index is 15.0. The summed E-state index contributed by atoms with van der Waals surface area (Å²) in [5.74, 6) is -0.102. The number of nitrogens with two attached hydrogens (primary N) is 1. The van der Waals surface area contributed by atoms with Gasteiger partial charge in [0, 0.05) is 30.6 Å². The van der Waals surface area contributed by atoms with Crippen LogP contribution in [0.25, 0.3) is 10.9 Å². The van der Waals surface area contributed by atoms with Crippen molar-refractivity contribution in [3.8, 4) is 0 Å². The van der Waals surface area contributed by atoms with E-state index in [1.54, 1.807) is 34.1 Å². The summed E-state index contributed by atoms with van der Waals surface area (Å²) in [6.45, 7) is 0.198. The molecule has 5 aromatic rings. The Morgan fingerprint density at radius 1 is 0.788 bits per heavy atom. The van der Waals surface area contributed by atoms with Crippen molar-refractivity contribution in [2.45, 2.75) is 56.6 Å². The topological polar surface area (TPSA) is 205 Å². The number of fused-ring (bicyclic) bond motifs is 1. The molecule has 272 valence electrons. The second kappa shape index (κ2) is 16.1. The van der Waals surface area contributed by atoms with Gasteiger partial charge in [-0.15, -0.1) is 0 Å². The lowest BCUT2D eigenvalue weighted by Crippen LogP contribution is -2.50. The summed E-state index contributed by atoms with van der Waals surface area (Å²) >= 11 is 0. The number of hydrogen-bond acceptors (Lipinski definition) is 7. The molecule has 13 nitrogen and oxygen atoms in total. The van der Waals surface area contributed by atoms with Crippen molar-refractivity contribution in [2.24, 2.45) is 0 Å². The van der Waals surface area contributed by atoms with Gasteiger partial charge in [-0.05, 0) is 65.8 Å². The van der Waals surface area contributed by atoms with E-state index in [0.717, 1.165) is 22.2 Å². The van der Waals surface area contributed by atoms with Gasteiger partial charge in [-0.1, -0.05) is 78.9 Å². The number of aromatic nitrogens is 2. The molecule has 0 bridgehead atoms. The van der Waals surface area contributed by atoms with Gasteiger partial charge in [-0.2, -0.15) is 5.10 Å². The Balaban J connectivity index is 1.36. The summed E-state index contributed by atoms with van der Waals surface area (Å²) in [4.78, 5) is 49.5. The predicted molar refractivity (Wildman–Crippen MR) is 197 cm³/mol. The highest BCUT2D eigenvalue weighted by Crippen LogP contribution is 2.34. The first kappa shape index (κ1) is 36.7. The van der Waals surface area contributed by atoms with Crippen LogP contribution in [0.4, 0.5) is 10.6 Å². The molecule has 6 rings (SSSR count). The Labute approximate surface area is 301 Å². The maximum atomic E-state index is 15.0. The summed E-state index contributed by atoms with van der Waals surface area (Å²) in [6.07, 6.45) is -2.35. The van der Waals surface area contributed by atoms with E-state index in [1.807, 2.05) is 78.9 Å². The fourth-order valence-corrected chi connectivity index (χ4v) is 7.36. The zero-order valence-corrected chi connectivity index (χ0v) is 29.3. The molecule has 1 aromatic heterocycles. The highest BCUT2D eigenvalue weighted by molar-refractivity contribution is 7.51. The van der Waals surface area contributed by atoms with Gasteiger partial charge in [-0.25, -0.2) is 4.79 Å². The van der Waals surface area contributed by atoms with Crippen molar-refractivity contribution < 1.29 is 34.2 Å². The zero-order valence-electron chi connectivity index (χ0n) is 28.5. The van der Waals surface area contributed by atoms with E-state index in [-0.39, 0.29) is 45.1 Å². The Morgan fingerprint density at radius 2 is 1.35 bits per heavy atom. The fourth-order valence-electron chi connectivity index (χ4n) is 6.79. The molecule has 4 aromatic carbocycles. The van der Waals surface area contributed by atoms with Crippen LogP contribution >= 0.6 is 7.60 Å². The standard InChI is InChI=1S/C38H43N6O7P/c39-36-30-20-28(15-16-31(30)41-42-36)24-44-33(22-26-11-5-2-6-12-26)35(46)34(45)32(21-25-9-3-1-4-10-25)43(38(44)48)23-27-13-7-14-29(19-27)37(47)40-17-8-18-52(49,50)51/h1-7,9-16,19-20,32-35,45-46H,8,17-18,21-24H2,(H,40,47)(H3,39,41,42)(H2,49,50,51)/t32-,33-,34+,35+/m1/s1. The number of H-pyrrole nitrogens is 1. The molecule has 52 heavy (non-hydrogen) atoms. The van der Waals surface area contributed by atoms with Gasteiger partial charge in [0.25, 0.3) is 5.91 Å². The zero-order chi connectivity index (χ0) is 36.8. The third kappa shape index (κ3) is 8.87. The first-order chi connectivity index (χ1) is 25.0. The van der Waals surface area contributed by atoms with Gasteiger partial charge in [0.1, 0.15) is 12.2 Å². The molecule has 0 unspecified atom stereocenters. The Bertz CT molecular complexity index is 2040. The minimum absolute atomic E-state index is 0.0156. The molecular formula is C38H43N6O7P. The molecule has 0 radical (unpaired) electrons. The van der Waals surface area contributed by atoms with E-state index in [9.17, 15) is 19.6 Å². The summed E-state index contributed by atoms with van der Waals surface area (Å²) < 4.78 is 11.2. The number of aliphatic hydroxyl groups excluding tert-OH is 2. The second-order valence-corrected chi connectivity index (χ2v) is 15.0. The van der Waals surface area contributed by atoms with Crippen LogP contribution in [0, 0.1) is 0 Å². The van der Waals surface area contributed by atoms with Crippen molar-refractivity contribution in [2.75, 3.05) is 18.4 Å². The average Bonchev–Trinajstić information content (AvgIpc) is 3.49. The van der Waals surface area contributed by atoms with Crippen molar-refractivity contribution in [3.63, 3.8) is 0 Å². The van der Waals surface area contributed by atoms with Gasteiger partial charge in [0.05, 0.1) is 23.8 Å². The Morgan fingerprint density at radius 3 is 1.92 bits per heavy atom. The number of carbonyl (C=O) groups excluding carboxylic acids is 2.